The Morgan fingerprint density at radius 1 is 1.10 bits per heavy atom. The van der Waals surface area contributed by atoms with Crippen LogP contribution in [0.25, 0.3) is 0 Å². The summed E-state index contributed by atoms with van der Waals surface area (Å²) < 4.78 is 33.3. The Labute approximate surface area is 184 Å². The summed E-state index contributed by atoms with van der Waals surface area (Å²) in [6, 6.07) is 13.3. The van der Waals surface area contributed by atoms with Crippen LogP contribution in [-0.4, -0.2) is 44.9 Å². The van der Waals surface area contributed by atoms with Gasteiger partial charge >= 0.3 is 0 Å². The maximum absolute atomic E-state index is 13.0. The van der Waals surface area contributed by atoms with Gasteiger partial charge in [0, 0.05) is 19.0 Å². The van der Waals surface area contributed by atoms with E-state index >= 15 is 0 Å². The summed E-state index contributed by atoms with van der Waals surface area (Å²) in [5.74, 6) is 0.634. The van der Waals surface area contributed by atoms with Gasteiger partial charge in [0.05, 0.1) is 11.4 Å². The van der Waals surface area contributed by atoms with Crippen LogP contribution in [0.3, 0.4) is 0 Å². The van der Waals surface area contributed by atoms with Gasteiger partial charge in [-0.3, -0.25) is 4.79 Å². The number of aryl methyl sites for hydroxylation is 3. The Hall–Kier alpha value is -2.38. The van der Waals surface area contributed by atoms with E-state index in [2.05, 4.69) is 5.32 Å². The van der Waals surface area contributed by atoms with Crippen molar-refractivity contribution in [1.82, 2.24) is 9.62 Å². The van der Waals surface area contributed by atoms with Crippen LogP contribution in [0.2, 0.25) is 0 Å². The molecular formula is C24H30N2O4S. The molecule has 2 aromatic rings. The van der Waals surface area contributed by atoms with Crippen molar-refractivity contribution in [2.45, 2.75) is 43.9 Å². The maximum Gasteiger partial charge on any atom is 0.243 e. The van der Waals surface area contributed by atoms with Gasteiger partial charge in [0.15, 0.2) is 0 Å². The second-order valence-electron chi connectivity index (χ2n) is 8.37. The van der Waals surface area contributed by atoms with Crippen LogP contribution in [0.1, 0.15) is 36.0 Å². The number of amides is 1. The third kappa shape index (κ3) is 4.93. The average molecular weight is 443 g/mol. The molecule has 0 saturated carbocycles. The first-order valence-corrected chi connectivity index (χ1v) is 12.5. The fourth-order valence-corrected chi connectivity index (χ4v) is 5.93. The molecule has 7 heteroatoms. The van der Waals surface area contributed by atoms with E-state index in [0.29, 0.717) is 44.0 Å². The molecule has 1 heterocycles. The minimum atomic E-state index is -3.51. The smallest absolute Gasteiger partial charge is 0.243 e. The fourth-order valence-electron chi connectivity index (χ4n) is 4.41. The van der Waals surface area contributed by atoms with E-state index in [0.717, 1.165) is 36.1 Å². The Morgan fingerprint density at radius 3 is 2.61 bits per heavy atom. The Morgan fingerprint density at radius 2 is 1.84 bits per heavy atom. The number of para-hydroxylation sites is 1. The lowest BCUT2D eigenvalue weighted by Crippen LogP contribution is -2.43. The predicted molar refractivity (Wildman–Crippen MR) is 120 cm³/mol. The van der Waals surface area contributed by atoms with E-state index in [-0.39, 0.29) is 11.8 Å². The summed E-state index contributed by atoms with van der Waals surface area (Å²) in [7, 11) is -3.51. The molecule has 0 unspecified atom stereocenters. The first-order chi connectivity index (χ1) is 14.9. The number of benzene rings is 2. The average Bonchev–Trinajstić information content (AvgIpc) is 3.26. The van der Waals surface area contributed by atoms with Crippen molar-refractivity contribution in [2.75, 3.05) is 26.2 Å². The molecule has 6 nitrogen and oxygen atoms in total. The van der Waals surface area contributed by atoms with E-state index < -0.39 is 10.0 Å². The highest BCUT2D eigenvalue weighted by Crippen LogP contribution is 2.28. The quantitative estimate of drug-likeness (QED) is 0.669. The molecular weight excluding hydrogens is 412 g/mol. The summed E-state index contributed by atoms with van der Waals surface area (Å²) in [6.07, 6.45) is 4.15. The van der Waals surface area contributed by atoms with Crippen LogP contribution in [0, 0.1) is 12.8 Å². The molecule has 31 heavy (non-hydrogen) atoms. The fraction of sp³-hybridized carbons (Fsp3) is 0.458. The number of sulfonamides is 1. The molecule has 1 amide bonds. The standard InChI is InChI=1S/C24H30N2O4S/c1-18-5-2-3-8-23(18)30-16-13-25-24(27)20-11-14-26(15-12-20)31(28,29)22-10-9-19-6-4-7-21(19)17-22/h2-3,5,8-10,17,20H,4,6-7,11-16H2,1H3,(H,25,27). The lowest BCUT2D eigenvalue weighted by atomic mass is 9.97. The van der Waals surface area contributed by atoms with Crippen LogP contribution >= 0.6 is 0 Å². The molecule has 2 aliphatic rings. The largest absolute Gasteiger partial charge is 0.491 e. The highest BCUT2D eigenvalue weighted by molar-refractivity contribution is 7.89. The highest BCUT2D eigenvalue weighted by atomic mass is 32.2. The molecule has 0 spiro atoms. The molecule has 0 atom stereocenters. The van der Waals surface area contributed by atoms with Crippen LogP contribution in [0.4, 0.5) is 0 Å². The summed E-state index contributed by atoms with van der Waals surface area (Å²) in [5, 5.41) is 2.92. The number of nitrogens with one attached hydrogen (secondary N) is 1. The minimum Gasteiger partial charge on any atom is -0.491 e. The molecule has 0 aromatic heterocycles. The molecule has 166 valence electrons. The number of piperidine rings is 1. The van der Waals surface area contributed by atoms with Crippen LogP contribution in [0.15, 0.2) is 47.4 Å². The number of hydrogen-bond donors (Lipinski definition) is 1. The predicted octanol–water partition coefficient (Wildman–Crippen LogP) is 3.08. The second kappa shape index (κ2) is 9.40. The zero-order valence-electron chi connectivity index (χ0n) is 18.0. The monoisotopic (exact) mass is 442 g/mol. The van der Waals surface area contributed by atoms with Crippen molar-refractivity contribution < 1.29 is 17.9 Å². The Balaban J connectivity index is 1.25. The molecule has 1 aliphatic carbocycles. The Kier molecular flexibility index (Phi) is 6.62. The van der Waals surface area contributed by atoms with Crippen molar-refractivity contribution >= 4 is 15.9 Å². The van der Waals surface area contributed by atoms with Gasteiger partial charge in [0.25, 0.3) is 0 Å². The molecule has 1 aliphatic heterocycles. The number of nitrogens with zero attached hydrogens (tertiary/aromatic N) is 1. The van der Waals surface area contributed by atoms with Gasteiger partial charge in [-0.15, -0.1) is 0 Å². The topological polar surface area (TPSA) is 75.7 Å². The minimum absolute atomic E-state index is 0.0250. The van der Waals surface area contributed by atoms with Crippen LogP contribution < -0.4 is 10.1 Å². The van der Waals surface area contributed by atoms with Gasteiger partial charge in [-0.05, 0) is 73.9 Å². The van der Waals surface area contributed by atoms with Gasteiger partial charge in [-0.2, -0.15) is 4.31 Å². The first kappa shape index (κ1) is 21.8. The number of ether oxygens (including phenoxy) is 1. The van der Waals surface area contributed by atoms with E-state index in [1.165, 1.54) is 9.87 Å². The van der Waals surface area contributed by atoms with E-state index in [1.54, 1.807) is 6.07 Å². The summed E-state index contributed by atoms with van der Waals surface area (Å²) in [4.78, 5) is 12.9. The van der Waals surface area contributed by atoms with Gasteiger partial charge in [-0.1, -0.05) is 24.3 Å². The molecule has 2 aromatic carbocycles. The highest BCUT2D eigenvalue weighted by Gasteiger charge is 2.32. The number of rotatable bonds is 7. The van der Waals surface area contributed by atoms with Crippen molar-refractivity contribution in [3.05, 3.63) is 59.2 Å². The van der Waals surface area contributed by atoms with Crippen molar-refractivity contribution in [3.8, 4) is 5.75 Å². The number of fused-ring (bicyclic) bond motifs is 1. The van der Waals surface area contributed by atoms with E-state index in [4.69, 9.17) is 4.74 Å². The summed E-state index contributed by atoms with van der Waals surface area (Å²) in [6.45, 7) is 3.57. The zero-order valence-corrected chi connectivity index (χ0v) is 18.8. The third-order valence-electron chi connectivity index (χ3n) is 6.28. The van der Waals surface area contributed by atoms with Crippen molar-refractivity contribution in [3.63, 3.8) is 0 Å². The molecule has 0 radical (unpaired) electrons. The van der Waals surface area contributed by atoms with E-state index in [9.17, 15) is 13.2 Å². The maximum atomic E-state index is 13.0. The number of hydrogen-bond acceptors (Lipinski definition) is 4. The molecule has 0 bridgehead atoms. The molecule has 1 saturated heterocycles. The summed E-state index contributed by atoms with van der Waals surface area (Å²) in [5.41, 5.74) is 3.48. The third-order valence-corrected chi connectivity index (χ3v) is 8.18. The second-order valence-corrected chi connectivity index (χ2v) is 10.3. The molecule has 1 fully saturated rings. The number of carbonyl (C=O) groups excluding carboxylic acids is 1. The normalized spacial score (nSPS) is 17.3. The van der Waals surface area contributed by atoms with E-state index in [1.807, 2.05) is 43.3 Å². The number of carbonyl (C=O) groups is 1. The van der Waals surface area contributed by atoms with Crippen molar-refractivity contribution in [1.29, 1.82) is 0 Å². The molecule has 1 N–H and O–H groups in total. The lowest BCUT2D eigenvalue weighted by Gasteiger charge is -2.30. The zero-order chi connectivity index (χ0) is 21.8. The van der Waals surface area contributed by atoms with Gasteiger partial charge in [0.1, 0.15) is 12.4 Å². The van der Waals surface area contributed by atoms with Gasteiger partial charge in [0.2, 0.25) is 15.9 Å². The summed E-state index contributed by atoms with van der Waals surface area (Å²) >= 11 is 0. The van der Waals surface area contributed by atoms with Crippen LogP contribution in [0.5, 0.6) is 5.75 Å². The van der Waals surface area contributed by atoms with Crippen molar-refractivity contribution in [2.24, 2.45) is 5.92 Å². The SMILES string of the molecule is Cc1ccccc1OCCNC(=O)C1CCN(S(=O)(=O)c2ccc3c(c2)CCC3)CC1. The first-order valence-electron chi connectivity index (χ1n) is 11.0. The lowest BCUT2D eigenvalue weighted by molar-refractivity contribution is -0.126. The van der Waals surface area contributed by atoms with Crippen LogP contribution in [-0.2, 0) is 27.7 Å². The van der Waals surface area contributed by atoms with Gasteiger partial charge < -0.3 is 10.1 Å². The molecule has 4 rings (SSSR count). The van der Waals surface area contributed by atoms with Gasteiger partial charge in [-0.25, -0.2) is 8.42 Å². The Bertz CT molecular complexity index is 1040.